The molecule has 0 amide bonds. The number of carbonyl (C=O) groups excluding carboxylic acids is 6. The first kappa shape index (κ1) is 53.6. The van der Waals surface area contributed by atoms with Crippen LogP contribution in [-0.4, -0.2) is 66.8 Å². The van der Waals surface area contributed by atoms with Gasteiger partial charge in [0.2, 0.25) is 0 Å². The highest BCUT2D eigenvalue weighted by Crippen LogP contribution is 2.58. The number of thioether (sulfide) groups is 2. The summed E-state index contributed by atoms with van der Waals surface area (Å²) < 4.78 is 33.1. The van der Waals surface area contributed by atoms with Gasteiger partial charge in [-0.2, -0.15) is 0 Å². The van der Waals surface area contributed by atoms with Crippen molar-refractivity contribution in [2.75, 3.05) is 26.4 Å². The molecule has 1 heterocycles. The molecule has 0 aromatic heterocycles. The molecule has 1 aliphatic heterocycles. The van der Waals surface area contributed by atoms with E-state index in [9.17, 15) is 28.8 Å². The van der Waals surface area contributed by atoms with Gasteiger partial charge in [0, 0.05) is 12.2 Å². The van der Waals surface area contributed by atoms with Crippen LogP contribution in [0.4, 0.5) is 0 Å². The summed E-state index contributed by atoms with van der Waals surface area (Å²) in [6.07, 6.45) is 23.7. The molecule has 0 saturated heterocycles. The lowest BCUT2D eigenvalue weighted by Crippen LogP contribution is -2.34. The summed E-state index contributed by atoms with van der Waals surface area (Å²) in [5.41, 5.74) is 0. The second kappa shape index (κ2) is 27.6. The molecule has 5 aliphatic rings. The molecule has 0 spiro atoms. The molecule has 1 aromatic rings. The van der Waals surface area contributed by atoms with Crippen LogP contribution in [0.2, 0.25) is 0 Å². The SMILES string of the molecule is C=CC(=O)OCCCCOC(=O)C(C(=O)OCCCCOC(=O)C=C)C1Sc2c(OC(=O)C3CCC(C4CCC(CC)CC4)CC3)ccc(OC(=O)C3CCC(C4CCC(CC)CC4)CC3)c2S1. The van der Waals surface area contributed by atoms with Gasteiger partial charge >= 0.3 is 35.8 Å². The molecular formula is C54H76O12S2. The monoisotopic (exact) mass is 980 g/mol. The number of fused-ring (bicyclic) bond motifs is 1. The molecular weight excluding hydrogens is 905 g/mol. The molecule has 0 N–H and O–H groups in total. The zero-order valence-corrected chi connectivity index (χ0v) is 42.2. The molecule has 0 atom stereocenters. The average molecular weight is 981 g/mol. The molecule has 0 bridgehead atoms. The molecule has 0 radical (unpaired) electrons. The third-order valence-corrected chi connectivity index (χ3v) is 18.6. The first-order valence-corrected chi connectivity index (χ1v) is 27.6. The number of rotatable bonds is 23. The van der Waals surface area contributed by atoms with Crippen LogP contribution in [0.25, 0.3) is 0 Å². The van der Waals surface area contributed by atoms with Crippen molar-refractivity contribution in [1.29, 1.82) is 0 Å². The van der Waals surface area contributed by atoms with Crippen LogP contribution in [-0.2, 0) is 47.7 Å². The molecule has 4 aliphatic carbocycles. The molecule has 4 fully saturated rings. The Morgan fingerprint density at radius 1 is 0.515 bits per heavy atom. The van der Waals surface area contributed by atoms with Gasteiger partial charge in [0.1, 0.15) is 11.5 Å². The predicted octanol–water partition coefficient (Wildman–Crippen LogP) is 11.8. The summed E-state index contributed by atoms with van der Waals surface area (Å²) in [7, 11) is 0. The summed E-state index contributed by atoms with van der Waals surface area (Å²) in [6, 6.07) is 3.33. The normalized spacial score (nSPS) is 27.0. The van der Waals surface area contributed by atoms with Crippen molar-refractivity contribution in [2.45, 2.75) is 169 Å². The minimum Gasteiger partial charge on any atom is -0.465 e. The quantitative estimate of drug-likeness (QED) is 0.0255. The zero-order chi connectivity index (χ0) is 48.4. The maximum Gasteiger partial charge on any atom is 0.330 e. The van der Waals surface area contributed by atoms with Crippen LogP contribution in [0.15, 0.2) is 47.2 Å². The Balaban J connectivity index is 1.15. The van der Waals surface area contributed by atoms with Crippen molar-refractivity contribution in [1.82, 2.24) is 0 Å². The first-order chi connectivity index (χ1) is 33.0. The van der Waals surface area contributed by atoms with Crippen molar-refractivity contribution in [3.8, 4) is 11.5 Å². The van der Waals surface area contributed by atoms with Crippen LogP contribution >= 0.6 is 23.5 Å². The minimum atomic E-state index is -1.41. The van der Waals surface area contributed by atoms with Crippen LogP contribution < -0.4 is 9.47 Å². The summed E-state index contributed by atoms with van der Waals surface area (Å²) in [5, 5.41) is 0. The Morgan fingerprint density at radius 2 is 0.838 bits per heavy atom. The van der Waals surface area contributed by atoms with Gasteiger partial charge in [-0.25, -0.2) is 9.59 Å². The Labute approximate surface area is 412 Å². The number of unbranched alkanes of at least 4 members (excludes halogenated alkanes) is 2. The van der Waals surface area contributed by atoms with Gasteiger partial charge in [-0.1, -0.05) is 65.5 Å². The molecule has 0 unspecified atom stereocenters. The fourth-order valence-corrected chi connectivity index (χ4v) is 14.3. The van der Waals surface area contributed by atoms with Gasteiger partial charge in [0.15, 0.2) is 5.92 Å². The molecule has 12 nitrogen and oxygen atoms in total. The minimum absolute atomic E-state index is 0.0336. The lowest BCUT2D eigenvalue weighted by Gasteiger charge is -2.37. The van der Waals surface area contributed by atoms with E-state index in [1.54, 1.807) is 12.1 Å². The Bertz CT molecular complexity index is 1740. The number of esters is 6. The number of carbonyl (C=O) groups is 6. The topological polar surface area (TPSA) is 158 Å². The molecule has 4 saturated carbocycles. The van der Waals surface area contributed by atoms with E-state index < -0.39 is 34.4 Å². The van der Waals surface area contributed by atoms with Gasteiger partial charge in [0.25, 0.3) is 0 Å². The Morgan fingerprint density at radius 3 is 1.16 bits per heavy atom. The van der Waals surface area contributed by atoms with Crippen LogP contribution in [0, 0.1) is 53.3 Å². The van der Waals surface area contributed by atoms with E-state index in [0.717, 1.165) is 87.2 Å². The largest absolute Gasteiger partial charge is 0.465 e. The van der Waals surface area contributed by atoms with E-state index in [1.165, 1.54) is 87.7 Å². The van der Waals surface area contributed by atoms with Gasteiger partial charge < -0.3 is 28.4 Å². The van der Waals surface area contributed by atoms with Crippen molar-refractivity contribution < 1.29 is 57.2 Å². The molecule has 376 valence electrons. The second-order valence-corrected chi connectivity index (χ2v) is 22.3. The summed E-state index contributed by atoms with van der Waals surface area (Å²) >= 11 is 2.39. The summed E-state index contributed by atoms with van der Waals surface area (Å²) in [4.78, 5) is 79.8. The van der Waals surface area contributed by atoms with E-state index in [1.807, 2.05) is 0 Å². The standard InChI is InChI=1S/C54H76O12S2/c1-5-35-13-17-37(18-14-35)39-21-25-41(26-22-39)50(57)65-43-29-30-44(66-51(58)42-27-23-40(24-28-42)38-19-15-36(6-2)16-20-38)49-48(43)67-54(68-49)47(52(59)63-33-11-9-31-61-45(55)7-3)53(60)64-34-12-10-32-62-46(56)8-4/h7-8,29-30,35-42,47,54H,3-6,9-28,31-34H2,1-2H3. The van der Waals surface area contributed by atoms with Crippen LogP contribution in [0.3, 0.4) is 0 Å². The molecule has 1 aromatic carbocycles. The lowest BCUT2D eigenvalue weighted by molar-refractivity contribution is -0.162. The molecule has 6 rings (SSSR count). The first-order valence-electron chi connectivity index (χ1n) is 25.9. The smallest absolute Gasteiger partial charge is 0.330 e. The fourth-order valence-electron chi connectivity index (χ4n) is 11.2. The highest BCUT2D eigenvalue weighted by molar-refractivity contribution is 8.19. The average Bonchev–Trinajstić information content (AvgIpc) is 3.82. The Hall–Kier alpha value is -3.78. The maximum absolute atomic E-state index is 14.0. The molecule has 68 heavy (non-hydrogen) atoms. The summed E-state index contributed by atoms with van der Waals surface area (Å²) in [5.74, 6) is -0.159. The van der Waals surface area contributed by atoms with Crippen LogP contribution in [0.1, 0.15) is 155 Å². The third kappa shape index (κ3) is 15.4. The van der Waals surface area contributed by atoms with Crippen molar-refractivity contribution >= 4 is 59.3 Å². The van der Waals surface area contributed by atoms with E-state index >= 15 is 0 Å². The van der Waals surface area contributed by atoms with Gasteiger partial charge in [-0.3, -0.25) is 19.2 Å². The van der Waals surface area contributed by atoms with E-state index in [0.29, 0.717) is 58.8 Å². The Kier molecular flexibility index (Phi) is 21.7. The van der Waals surface area contributed by atoms with Gasteiger partial charge in [-0.05, 0) is 150 Å². The third-order valence-electron chi connectivity index (χ3n) is 15.6. The fraction of sp³-hybridized carbons (Fsp3) is 0.704. The van der Waals surface area contributed by atoms with Crippen molar-refractivity contribution in [3.63, 3.8) is 0 Å². The zero-order valence-electron chi connectivity index (χ0n) is 40.6. The van der Waals surface area contributed by atoms with Crippen molar-refractivity contribution in [2.24, 2.45) is 53.3 Å². The van der Waals surface area contributed by atoms with Gasteiger partial charge in [-0.15, -0.1) is 23.5 Å². The number of benzene rings is 1. The van der Waals surface area contributed by atoms with E-state index in [2.05, 4.69) is 27.0 Å². The number of hydrogen-bond acceptors (Lipinski definition) is 14. The van der Waals surface area contributed by atoms with E-state index in [4.69, 9.17) is 28.4 Å². The highest BCUT2D eigenvalue weighted by Gasteiger charge is 2.45. The highest BCUT2D eigenvalue weighted by atomic mass is 32.2. The van der Waals surface area contributed by atoms with Gasteiger partial charge in [0.05, 0.1) is 52.6 Å². The summed E-state index contributed by atoms with van der Waals surface area (Å²) in [6.45, 7) is 11.5. The van der Waals surface area contributed by atoms with Crippen LogP contribution in [0.5, 0.6) is 11.5 Å². The van der Waals surface area contributed by atoms with E-state index in [-0.39, 0.29) is 50.2 Å². The molecule has 14 heteroatoms. The predicted molar refractivity (Wildman–Crippen MR) is 262 cm³/mol. The number of ether oxygens (including phenoxy) is 6. The van der Waals surface area contributed by atoms with Crippen molar-refractivity contribution in [3.05, 3.63) is 37.4 Å². The second-order valence-electron chi connectivity index (χ2n) is 19.7. The maximum atomic E-state index is 14.0. The number of hydrogen-bond donors (Lipinski definition) is 0. The lowest BCUT2D eigenvalue weighted by atomic mass is 9.69.